The Kier molecular flexibility index (Phi) is 5.67. The molecule has 116 valence electrons. The van der Waals surface area contributed by atoms with Crippen molar-refractivity contribution in [2.75, 3.05) is 0 Å². The maximum absolute atomic E-state index is 12.4. The van der Waals surface area contributed by atoms with E-state index >= 15 is 0 Å². The minimum Gasteiger partial charge on any atom is -0.460 e. The number of nitrogens with zero attached hydrogens (tertiary/aromatic N) is 1. The lowest BCUT2D eigenvalue weighted by molar-refractivity contribution is -0.149. The summed E-state index contributed by atoms with van der Waals surface area (Å²) < 4.78 is 5.37. The van der Waals surface area contributed by atoms with E-state index in [4.69, 9.17) is 4.74 Å². The number of aromatic nitrogens is 1. The summed E-state index contributed by atoms with van der Waals surface area (Å²) in [6, 6.07) is 11.2. The highest BCUT2D eigenvalue weighted by Gasteiger charge is 2.28. The van der Waals surface area contributed by atoms with Crippen molar-refractivity contribution in [3.8, 4) is 0 Å². The monoisotopic (exact) mass is 299 g/mol. The van der Waals surface area contributed by atoms with Gasteiger partial charge in [0.15, 0.2) is 0 Å². The molecule has 0 saturated heterocycles. The van der Waals surface area contributed by atoms with E-state index in [0.29, 0.717) is 6.42 Å². The van der Waals surface area contributed by atoms with Crippen LogP contribution in [0.2, 0.25) is 0 Å². The number of hydrogen-bond donors (Lipinski definition) is 1. The molecule has 4 heteroatoms. The zero-order valence-corrected chi connectivity index (χ0v) is 12.9. The van der Waals surface area contributed by atoms with E-state index < -0.39 is 18.0 Å². The van der Waals surface area contributed by atoms with E-state index in [2.05, 4.69) is 4.98 Å². The maximum Gasteiger partial charge on any atom is 0.316 e. The zero-order chi connectivity index (χ0) is 15.9. The first-order chi connectivity index (χ1) is 10.6. The fraction of sp³-hybridized carbons (Fsp3) is 0.333. The van der Waals surface area contributed by atoms with Gasteiger partial charge in [0, 0.05) is 12.4 Å². The summed E-state index contributed by atoms with van der Waals surface area (Å²) in [5.41, 5.74) is 2.76. The topological polar surface area (TPSA) is 59.4 Å². The third-order valence-electron chi connectivity index (χ3n) is 3.62. The molecule has 2 aromatic rings. The number of benzene rings is 1. The maximum atomic E-state index is 12.4. The van der Waals surface area contributed by atoms with Gasteiger partial charge in [0.05, 0.1) is 6.10 Å². The Labute approximate surface area is 130 Å². The summed E-state index contributed by atoms with van der Waals surface area (Å²) in [6.07, 6.45) is 3.04. The fourth-order valence-electron chi connectivity index (χ4n) is 2.25. The number of carbonyl (C=O) groups is 1. The normalized spacial score (nSPS) is 13.4. The van der Waals surface area contributed by atoms with Crippen LogP contribution in [0.5, 0.6) is 0 Å². The molecular formula is C18H21NO3. The Morgan fingerprint density at radius 2 is 1.82 bits per heavy atom. The predicted molar refractivity (Wildman–Crippen MR) is 84.3 cm³/mol. The summed E-state index contributed by atoms with van der Waals surface area (Å²) >= 11 is 0. The summed E-state index contributed by atoms with van der Waals surface area (Å²) in [5, 5.41) is 10.2. The third kappa shape index (κ3) is 4.15. The zero-order valence-electron chi connectivity index (χ0n) is 12.9. The number of carbonyl (C=O) groups excluding carboxylic acids is 1. The average molecular weight is 299 g/mol. The van der Waals surface area contributed by atoms with Gasteiger partial charge in [-0.2, -0.15) is 0 Å². The van der Waals surface area contributed by atoms with Crippen LogP contribution < -0.4 is 0 Å². The van der Waals surface area contributed by atoms with E-state index in [9.17, 15) is 9.90 Å². The average Bonchev–Trinajstić information content (AvgIpc) is 2.55. The third-order valence-corrected chi connectivity index (χ3v) is 3.62. The molecule has 0 spiro atoms. The molecule has 1 N–H and O–H groups in total. The number of pyridine rings is 1. The molecule has 0 radical (unpaired) electrons. The molecule has 0 amide bonds. The van der Waals surface area contributed by atoms with Crippen molar-refractivity contribution in [3.63, 3.8) is 0 Å². The van der Waals surface area contributed by atoms with Crippen molar-refractivity contribution < 1.29 is 14.6 Å². The second-order valence-corrected chi connectivity index (χ2v) is 5.33. The van der Waals surface area contributed by atoms with Gasteiger partial charge in [-0.15, -0.1) is 0 Å². The number of hydrogen-bond acceptors (Lipinski definition) is 4. The molecule has 0 aliphatic rings. The molecule has 1 aromatic carbocycles. The van der Waals surface area contributed by atoms with E-state index in [1.807, 2.05) is 38.1 Å². The molecular weight excluding hydrogens is 278 g/mol. The molecule has 1 unspecified atom stereocenters. The van der Waals surface area contributed by atoms with Gasteiger partial charge in [0.25, 0.3) is 0 Å². The SMILES string of the molecule is CC[C@H](O)C(C(=O)OCc1ccncc1)c1ccc(C)cc1. The van der Waals surface area contributed by atoms with E-state index in [-0.39, 0.29) is 6.61 Å². The Hall–Kier alpha value is -2.20. The largest absolute Gasteiger partial charge is 0.460 e. The number of rotatable bonds is 6. The Morgan fingerprint density at radius 1 is 1.18 bits per heavy atom. The van der Waals surface area contributed by atoms with Gasteiger partial charge < -0.3 is 9.84 Å². The first-order valence-electron chi connectivity index (χ1n) is 7.42. The van der Waals surface area contributed by atoms with Crippen molar-refractivity contribution in [1.29, 1.82) is 0 Å². The van der Waals surface area contributed by atoms with Crippen LogP contribution in [-0.2, 0) is 16.1 Å². The molecule has 4 nitrogen and oxygen atoms in total. The minimum absolute atomic E-state index is 0.181. The number of ether oxygens (including phenoxy) is 1. The summed E-state index contributed by atoms with van der Waals surface area (Å²) in [4.78, 5) is 16.3. The van der Waals surface area contributed by atoms with E-state index in [0.717, 1.165) is 16.7 Å². The van der Waals surface area contributed by atoms with Crippen LogP contribution in [0.25, 0.3) is 0 Å². The standard InChI is InChI=1S/C18H21NO3/c1-3-16(20)17(15-6-4-13(2)5-7-15)18(21)22-12-14-8-10-19-11-9-14/h4-11,16-17,20H,3,12H2,1-2H3/t16-,17?/m0/s1. The Bertz CT molecular complexity index is 595. The highest BCUT2D eigenvalue weighted by molar-refractivity contribution is 5.79. The highest BCUT2D eigenvalue weighted by Crippen LogP contribution is 2.24. The second-order valence-electron chi connectivity index (χ2n) is 5.33. The molecule has 1 heterocycles. The van der Waals surface area contributed by atoms with Crippen LogP contribution in [-0.4, -0.2) is 22.2 Å². The van der Waals surface area contributed by atoms with Crippen LogP contribution in [0.15, 0.2) is 48.8 Å². The molecule has 0 saturated carbocycles. The van der Waals surface area contributed by atoms with Gasteiger partial charge in [-0.05, 0) is 36.6 Å². The molecule has 1 aromatic heterocycles. The van der Waals surface area contributed by atoms with Crippen LogP contribution >= 0.6 is 0 Å². The summed E-state index contributed by atoms with van der Waals surface area (Å²) in [6.45, 7) is 4.01. The van der Waals surface area contributed by atoms with Crippen LogP contribution in [0.1, 0.15) is 36.0 Å². The van der Waals surface area contributed by atoms with Crippen molar-refractivity contribution in [2.24, 2.45) is 0 Å². The van der Waals surface area contributed by atoms with Crippen molar-refractivity contribution in [3.05, 3.63) is 65.5 Å². The molecule has 0 aliphatic heterocycles. The van der Waals surface area contributed by atoms with Gasteiger partial charge >= 0.3 is 5.97 Å². The summed E-state index contributed by atoms with van der Waals surface area (Å²) in [5.74, 6) is -1.07. The first kappa shape index (κ1) is 16.2. The van der Waals surface area contributed by atoms with Gasteiger partial charge in [-0.1, -0.05) is 36.8 Å². The molecule has 0 bridgehead atoms. The van der Waals surface area contributed by atoms with E-state index in [1.165, 1.54) is 0 Å². The number of esters is 1. The lowest BCUT2D eigenvalue weighted by Gasteiger charge is -2.21. The van der Waals surface area contributed by atoms with Gasteiger partial charge in [-0.25, -0.2) is 0 Å². The van der Waals surface area contributed by atoms with Crippen molar-refractivity contribution >= 4 is 5.97 Å². The van der Waals surface area contributed by atoms with Crippen molar-refractivity contribution in [1.82, 2.24) is 4.98 Å². The predicted octanol–water partition coefficient (Wildman–Crippen LogP) is 2.99. The number of aryl methyl sites for hydroxylation is 1. The molecule has 0 aliphatic carbocycles. The smallest absolute Gasteiger partial charge is 0.316 e. The van der Waals surface area contributed by atoms with Gasteiger partial charge in [-0.3, -0.25) is 9.78 Å². The quantitative estimate of drug-likeness (QED) is 0.833. The second kappa shape index (κ2) is 7.71. The van der Waals surface area contributed by atoms with Crippen molar-refractivity contribution in [2.45, 2.75) is 38.9 Å². The lowest BCUT2D eigenvalue weighted by Crippen LogP contribution is -2.27. The lowest BCUT2D eigenvalue weighted by atomic mass is 9.91. The van der Waals surface area contributed by atoms with Crippen LogP contribution in [0, 0.1) is 6.92 Å². The molecule has 2 rings (SSSR count). The van der Waals surface area contributed by atoms with E-state index in [1.54, 1.807) is 24.5 Å². The van der Waals surface area contributed by atoms with Crippen LogP contribution in [0.4, 0.5) is 0 Å². The molecule has 2 atom stereocenters. The Balaban J connectivity index is 2.11. The number of aliphatic hydroxyl groups excluding tert-OH is 1. The Morgan fingerprint density at radius 3 is 2.41 bits per heavy atom. The van der Waals surface area contributed by atoms with Crippen LogP contribution in [0.3, 0.4) is 0 Å². The molecule has 22 heavy (non-hydrogen) atoms. The van der Waals surface area contributed by atoms with Gasteiger partial charge in [0.1, 0.15) is 12.5 Å². The fourth-order valence-corrected chi connectivity index (χ4v) is 2.25. The van der Waals surface area contributed by atoms with Gasteiger partial charge in [0.2, 0.25) is 0 Å². The summed E-state index contributed by atoms with van der Waals surface area (Å²) in [7, 11) is 0. The minimum atomic E-state index is -0.757. The highest BCUT2D eigenvalue weighted by atomic mass is 16.5. The molecule has 0 fully saturated rings. The number of aliphatic hydroxyl groups is 1. The first-order valence-corrected chi connectivity index (χ1v) is 7.42.